The molecule has 3 amide bonds. The van der Waals surface area contributed by atoms with Gasteiger partial charge in [0.15, 0.2) is 0 Å². The summed E-state index contributed by atoms with van der Waals surface area (Å²) >= 11 is 0. The minimum atomic E-state index is -0.369. The molecule has 0 aromatic heterocycles. The van der Waals surface area contributed by atoms with E-state index in [4.69, 9.17) is 4.74 Å². The van der Waals surface area contributed by atoms with Gasteiger partial charge in [0.05, 0.1) is 11.1 Å². The fourth-order valence-electron chi connectivity index (χ4n) is 4.43. The van der Waals surface area contributed by atoms with Crippen molar-refractivity contribution in [3.05, 3.63) is 88.5 Å². The van der Waals surface area contributed by atoms with Gasteiger partial charge in [-0.15, -0.1) is 0 Å². The summed E-state index contributed by atoms with van der Waals surface area (Å²) in [6, 6.07) is 18.8. The maximum absolute atomic E-state index is 12.9. The Morgan fingerprint density at radius 3 is 2.50 bits per heavy atom. The molecule has 1 aliphatic carbocycles. The van der Waals surface area contributed by atoms with Crippen LogP contribution in [0.2, 0.25) is 0 Å². The highest BCUT2D eigenvalue weighted by Crippen LogP contribution is 2.37. The van der Waals surface area contributed by atoms with Crippen LogP contribution >= 0.6 is 0 Å². The molecule has 160 valence electrons. The predicted molar refractivity (Wildman–Crippen MR) is 121 cm³/mol. The van der Waals surface area contributed by atoms with Crippen molar-refractivity contribution >= 4 is 23.4 Å². The van der Waals surface area contributed by atoms with Crippen LogP contribution in [0.4, 0.5) is 5.69 Å². The van der Waals surface area contributed by atoms with Crippen LogP contribution in [0.5, 0.6) is 0 Å². The molecule has 2 aliphatic rings. The average Bonchev–Trinajstić information content (AvgIpc) is 3.29. The maximum atomic E-state index is 12.9. The first-order chi connectivity index (χ1) is 15.6. The highest BCUT2D eigenvalue weighted by Gasteiger charge is 2.35. The van der Waals surface area contributed by atoms with E-state index in [1.807, 2.05) is 30.3 Å². The molecule has 0 fully saturated rings. The van der Waals surface area contributed by atoms with E-state index in [-0.39, 0.29) is 23.3 Å². The van der Waals surface area contributed by atoms with Gasteiger partial charge in [-0.25, -0.2) is 0 Å². The quantitative estimate of drug-likeness (QED) is 0.371. The lowest BCUT2D eigenvalue weighted by Gasteiger charge is -2.12. The molecule has 6 heteroatoms. The molecule has 1 aliphatic heterocycles. The molecule has 3 aromatic carbocycles. The summed E-state index contributed by atoms with van der Waals surface area (Å²) in [6.07, 6.45) is 1.40. The number of ether oxygens (including phenoxy) is 1. The Morgan fingerprint density at radius 2 is 1.66 bits per heavy atom. The third kappa shape index (κ3) is 3.39. The van der Waals surface area contributed by atoms with Crippen LogP contribution in [0.3, 0.4) is 0 Å². The number of methoxy groups -OCH3 is 1. The summed E-state index contributed by atoms with van der Waals surface area (Å²) < 4.78 is 5.00. The third-order valence-electron chi connectivity index (χ3n) is 6.01. The van der Waals surface area contributed by atoms with Crippen molar-refractivity contribution in [1.29, 1.82) is 0 Å². The molecule has 0 atom stereocenters. The molecule has 32 heavy (non-hydrogen) atoms. The van der Waals surface area contributed by atoms with Gasteiger partial charge in [0.1, 0.15) is 0 Å². The number of nitrogens with zero attached hydrogens (tertiary/aromatic N) is 1. The van der Waals surface area contributed by atoms with Gasteiger partial charge in [-0.2, -0.15) is 0 Å². The molecule has 0 bridgehead atoms. The monoisotopic (exact) mass is 426 g/mol. The molecule has 1 heterocycles. The first-order valence-electron chi connectivity index (χ1n) is 10.6. The van der Waals surface area contributed by atoms with E-state index in [0.29, 0.717) is 36.4 Å². The minimum absolute atomic E-state index is 0.268. The molecular weight excluding hydrogens is 404 g/mol. The standard InChI is InChI=1S/C26H22N2O4/c1-32-12-4-11-28-25(30)22-9-7-17(15-23(22)26(28)31)24(29)27-19-8-10-21-18(14-19)13-16-5-2-3-6-20(16)21/h2-3,5-10,14-15H,4,11-13H2,1H3,(H,27,29). The zero-order chi connectivity index (χ0) is 22.2. The molecule has 0 radical (unpaired) electrons. The minimum Gasteiger partial charge on any atom is -0.385 e. The number of fused-ring (bicyclic) bond motifs is 4. The van der Waals surface area contributed by atoms with Crippen molar-refractivity contribution in [2.45, 2.75) is 12.8 Å². The fraction of sp³-hybridized carbons (Fsp3) is 0.192. The Morgan fingerprint density at radius 1 is 0.906 bits per heavy atom. The molecule has 5 rings (SSSR count). The van der Waals surface area contributed by atoms with Gasteiger partial charge >= 0.3 is 0 Å². The number of benzene rings is 3. The highest BCUT2D eigenvalue weighted by molar-refractivity contribution is 6.22. The molecule has 0 spiro atoms. The van der Waals surface area contributed by atoms with Gasteiger partial charge in [0, 0.05) is 31.5 Å². The van der Waals surface area contributed by atoms with E-state index in [1.54, 1.807) is 19.2 Å². The van der Waals surface area contributed by atoms with Crippen molar-refractivity contribution in [2.24, 2.45) is 0 Å². The number of amides is 3. The first kappa shape index (κ1) is 20.2. The van der Waals surface area contributed by atoms with Gasteiger partial charge in [-0.1, -0.05) is 30.3 Å². The Hall–Kier alpha value is -3.77. The number of nitrogens with one attached hydrogen (secondary N) is 1. The van der Waals surface area contributed by atoms with E-state index in [9.17, 15) is 14.4 Å². The molecule has 3 aromatic rings. The number of hydrogen-bond donors (Lipinski definition) is 1. The number of carbonyl (C=O) groups excluding carboxylic acids is 3. The van der Waals surface area contributed by atoms with Crippen LogP contribution in [0.25, 0.3) is 11.1 Å². The SMILES string of the molecule is COCCCN1C(=O)c2ccc(C(=O)Nc3ccc4c(c3)Cc3ccccc3-4)cc2C1=O. The Bertz CT molecular complexity index is 1260. The lowest BCUT2D eigenvalue weighted by atomic mass is 10.0. The second-order valence-corrected chi connectivity index (χ2v) is 8.03. The van der Waals surface area contributed by atoms with Gasteiger partial charge in [0.25, 0.3) is 17.7 Å². The van der Waals surface area contributed by atoms with E-state index in [1.165, 1.54) is 33.2 Å². The molecular formula is C26H22N2O4. The second kappa shape index (κ2) is 8.05. The van der Waals surface area contributed by atoms with E-state index in [2.05, 4.69) is 17.4 Å². The topological polar surface area (TPSA) is 75.7 Å². The predicted octanol–water partition coefficient (Wildman–Crippen LogP) is 4.14. The summed E-state index contributed by atoms with van der Waals surface area (Å²) in [4.78, 5) is 39.3. The van der Waals surface area contributed by atoms with Crippen LogP contribution in [-0.4, -0.2) is 42.9 Å². The number of carbonyl (C=O) groups is 3. The second-order valence-electron chi connectivity index (χ2n) is 8.03. The fourth-order valence-corrected chi connectivity index (χ4v) is 4.43. The normalized spacial score (nSPS) is 13.7. The number of anilines is 1. The first-order valence-corrected chi connectivity index (χ1v) is 10.6. The van der Waals surface area contributed by atoms with Gasteiger partial charge in [-0.05, 0) is 65.4 Å². The number of rotatable bonds is 6. The molecule has 0 saturated carbocycles. The summed E-state index contributed by atoms with van der Waals surface area (Å²) in [5, 5.41) is 2.92. The van der Waals surface area contributed by atoms with Gasteiger partial charge in [-0.3, -0.25) is 19.3 Å². The smallest absolute Gasteiger partial charge is 0.261 e. The zero-order valence-corrected chi connectivity index (χ0v) is 17.7. The zero-order valence-electron chi connectivity index (χ0n) is 17.7. The van der Waals surface area contributed by atoms with Crippen LogP contribution < -0.4 is 5.32 Å². The maximum Gasteiger partial charge on any atom is 0.261 e. The molecule has 1 N–H and O–H groups in total. The molecule has 0 unspecified atom stereocenters. The summed E-state index contributed by atoms with van der Waals surface area (Å²) in [5.41, 5.74) is 6.51. The lowest BCUT2D eigenvalue weighted by Crippen LogP contribution is -2.31. The van der Waals surface area contributed by atoms with Crippen molar-refractivity contribution in [3.8, 4) is 11.1 Å². The van der Waals surface area contributed by atoms with Gasteiger partial charge in [0.2, 0.25) is 0 Å². The van der Waals surface area contributed by atoms with Crippen LogP contribution in [0.1, 0.15) is 48.6 Å². The van der Waals surface area contributed by atoms with Crippen LogP contribution in [0, 0.1) is 0 Å². The Labute approximate surface area is 185 Å². The van der Waals surface area contributed by atoms with Crippen molar-refractivity contribution in [3.63, 3.8) is 0 Å². The number of imide groups is 1. The molecule has 6 nitrogen and oxygen atoms in total. The summed E-state index contributed by atoms with van der Waals surface area (Å²) in [6.45, 7) is 0.756. The van der Waals surface area contributed by atoms with Crippen molar-refractivity contribution in [1.82, 2.24) is 4.90 Å². The van der Waals surface area contributed by atoms with Gasteiger partial charge < -0.3 is 10.1 Å². The van der Waals surface area contributed by atoms with E-state index >= 15 is 0 Å². The van der Waals surface area contributed by atoms with Crippen molar-refractivity contribution < 1.29 is 19.1 Å². The largest absolute Gasteiger partial charge is 0.385 e. The van der Waals surface area contributed by atoms with E-state index in [0.717, 1.165) is 6.42 Å². The Balaban J connectivity index is 1.33. The highest BCUT2D eigenvalue weighted by atomic mass is 16.5. The number of hydrogen-bond acceptors (Lipinski definition) is 4. The molecule has 0 saturated heterocycles. The summed E-state index contributed by atoms with van der Waals surface area (Å²) in [5.74, 6) is -1.02. The Kier molecular flexibility index (Phi) is 5.07. The van der Waals surface area contributed by atoms with E-state index < -0.39 is 0 Å². The van der Waals surface area contributed by atoms with Crippen LogP contribution in [0.15, 0.2) is 60.7 Å². The lowest BCUT2D eigenvalue weighted by molar-refractivity contribution is 0.0638. The summed E-state index contributed by atoms with van der Waals surface area (Å²) in [7, 11) is 1.58. The van der Waals surface area contributed by atoms with Crippen molar-refractivity contribution in [2.75, 3.05) is 25.6 Å². The average molecular weight is 426 g/mol. The third-order valence-corrected chi connectivity index (χ3v) is 6.01. The van der Waals surface area contributed by atoms with Crippen LogP contribution in [-0.2, 0) is 11.2 Å².